The van der Waals surface area contributed by atoms with Crippen molar-refractivity contribution in [1.29, 1.82) is 0 Å². The molecule has 0 aromatic rings. The number of rotatable bonds is 5. The van der Waals surface area contributed by atoms with Gasteiger partial charge in [0.15, 0.2) is 5.96 Å². The van der Waals surface area contributed by atoms with Crippen LogP contribution in [0.5, 0.6) is 0 Å². The first-order chi connectivity index (χ1) is 11.6. The zero-order valence-electron chi connectivity index (χ0n) is 14.9. The van der Waals surface area contributed by atoms with E-state index in [0.717, 1.165) is 50.2 Å². The second kappa shape index (κ2) is 7.12. The topological polar surface area (TPSA) is 53.6 Å². The van der Waals surface area contributed by atoms with E-state index >= 15 is 0 Å². The number of aliphatic imine (C=N–C) groups is 1. The molecule has 1 heterocycles. The van der Waals surface area contributed by atoms with E-state index in [1.165, 1.54) is 28.7 Å². The highest BCUT2D eigenvalue weighted by Gasteiger charge is 2.23. The highest BCUT2D eigenvalue weighted by atomic mass is 15.3. The lowest BCUT2D eigenvalue weighted by molar-refractivity contribution is 0.430. The Bertz CT molecular complexity index is 688. The van der Waals surface area contributed by atoms with Gasteiger partial charge >= 0.3 is 0 Å². The Hall–Kier alpha value is -2.23. The third kappa shape index (κ3) is 3.48. The average Bonchev–Trinajstić information content (AvgIpc) is 2.59. The van der Waals surface area contributed by atoms with Crippen LogP contribution in [0.4, 0.5) is 0 Å². The van der Waals surface area contributed by atoms with Gasteiger partial charge in [-0.3, -0.25) is 0 Å². The molecule has 0 aromatic carbocycles. The molecule has 4 nitrogen and oxygen atoms in total. The van der Waals surface area contributed by atoms with Gasteiger partial charge in [-0.1, -0.05) is 24.3 Å². The highest BCUT2D eigenvalue weighted by molar-refractivity contribution is 5.81. The van der Waals surface area contributed by atoms with Crippen molar-refractivity contribution in [2.75, 3.05) is 20.1 Å². The molecular formula is C20H28N4. The first-order valence-corrected chi connectivity index (χ1v) is 8.82. The molecule has 0 saturated heterocycles. The third-order valence-electron chi connectivity index (χ3n) is 5.12. The minimum absolute atomic E-state index is 0.625. The van der Waals surface area contributed by atoms with Crippen LogP contribution >= 0.6 is 0 Å². The van der Waals surface area contributed by atoms with E-state index in [2.05, 4.69) is 46.9 Å². The van der Waals surface area contributed by atoms with Crippen LogP contribution in [0, 0.1) is 0 Å². The van der Waals surface area contributed by atoms with Crippen LogP contribution < -0.4 is 11.1 Å². The Labute approximate surface area is 145 Å². The summed E-state index contributed by atoms with van der Waals surface area (Å²) in [5, 5.41) is 3.09. The van der Waals surface area contributed by atoms with Crippen molar-refractivity contribution in [1.82, 2.24) is 10.2 Å². The van der Waals surface area contributed by atoms with Gasteiger partial charge in [0.1, 0.15) is 0 Å². The lowest BCUT2D eigenvalue weighted by Crippen LogP contribution is -2.42. The Kier molecular flexibility index (Phi) is 4.93. The molecule has 128 valence electrons. The Balaban J connectivity index is 1.76. The Morgan fingerprint density at radius 2 is 2.21 bits per heavy atom. The molecule has 3 N–H and O–H groups in total. The number of nitrogens with one attached hydrogen (secondary N) is 1. The predicted octanol–water partition coefficient (Wildman–Crippen LogP) is 3.38. The molecule has 3 aliphatic rings. The summed E-state index contributed by atoms with van der Waals surface area (Å²) in [7, 11) is 1.90. The smallest absolute Gasteiger partial charge is 0.196 e. The van der Waals surface area contributed by atoms with Crippen molar-refractivity contribution in [2.24, 2.45) is 10.7 Å². The van der Waals surface area contributed by atoms with Gasteiger partial charge < -0.3 is 16.0 Å². The van der Waals surface area contributed by atoms with Gasteiger partial charge in [0.25, 0.3) is 0 Å². The number of nitrogens with zero attached hydrogens (tertiary/aromatic N) is 2. The van der Waals surface area contributed by atoms with Crippen molar-refractivity contribution in [3.05, 3.63) is 58.5 Å². The van der Waals surface area contributed by atoms with Crippen LogP contribution in [0.15, 0.2) is 63.5 Å². The third-order valence-corrected chi connectivity index (χ3v) is 5.12. The van der Waals surface area contributed by atoms with Crippen molar-refractivity contribution in [3.63, 3.8) is 0 Å². The van der Waals surface area contributed by atoms with Crippen LogP contribution in [0.25, 0.3) is 0 Å². The fraction of sp³-hybridized carbons (Fsp3) is 0.450. The fourth-order valence-corrected chi connectivity index (χ4v) is 3.49. The highest BCUT2D eigenvalue weighted by Crippen LogP contribution is 2.35. The van der Waals surface area contributed by atoms with E-state index in [9.17, 15) is 0 Å². The molecule has 0 atom stereocenters. The predicted molar refractivity (Wildman–Crippen MR) is 101 cm³/mol. The van der Waals surface area contributed by atoms with Crippen LogP contribution in [0.2, 0.25) is 0 Å². The molecule has 24 heavy (non-hydrogen) atoms. The second-order valence-electron chi connectivity index (χ2n) is 6.79. The maximum absolute atomic E-state index is 6.20. The molecule has 0 spiro atoms. The average molecular weight is 324 g/mol. The molecule has 0 saturated carbocycles. The molecule has 0 amide bonds. The zero-order valence-corrected chi connectivity index (χ0v) is 14.9. The molecule has 0 radical (unpaired) electrons. The Morgan fingerprint density at radius 1 is 1.38 bits per heavy atom. The normalized spacial score (nSPS) is 20.7. The van der Waals surface area contributed by atoms with Crippen LogP contribution in [0.3, 0.4) is 0 Å². The number of hydrogen-bond donors (Lipinski definition) is 2. The molecule has 4 heteroatoms. The first kappa shape index (κ1) is 16.6. The molecular weight excluding hydrogens is 296 g/mol. The summed E-state index contributed by atoms with van der Waals surface area (Å²) >= 11 is 0. The molecule has 0 aromatic heterocycles. The van der Waals surface area contributed by atoms with Gasteiger partial charge in [0.05, 0.1) is 5.70 Å². The summed E-state index contributed by atoms with van der Waals surface area (Å²) < 4.78 is 0. The van der Waals surface area contributed by atoms with Crippen LogP contribution in [0.1, 0.15) is 39.0 Å². The molecule has 3 rings (SSSR count). The summed E-state index contributed by atoms with van der Waals surface area (Å²) in [6, 6.07) is 0. The van der Waals surface area contributed by atoms with Gasteiger partial charge in [0, 0.05) is 32.3 Å². The number of allylic oxidation sites excluding steroid dienone is 6. The van der Waals surface area contributed by atoms with Gasteiger partial charge in [-0.25, -0.2) is 4.99 Å². The van der Waals surface area contributed by atoms with E-state index in [1.807, 2.05) is 7.05 Å². The van der Waals surface area contributed by atoms with Gasteiger partial charge in [-0.05, 0) is 55.4 Å². The zero-order chi connectivity index (χ0) is 17.1. The minimum atomic E-state index is 0.625. The maximum Gasteiger partial charge on any atom is 0.196 e. The maximum atomic E-state index is 6.20. The van der Waals surface area contributed by atoms with Crippen molar-refractivity contribution >= 4 is 5.96 Å². The van der Waals surface area contributed by atoms with Crippen molar-refractivity contribution in [3.8, 4) is 0 Å². The van der Waals surface area contributed by atoms with Crippen LogP contribution in [-0.2, 0) is 0 Å². The lowest BCUT2D eigenvalue weighted by Gasteiger charge is -2.32. The number of hydrogen-bond acceptors (Lipinski definition) is 4. The van der Waals surface area contributed by atoms with Gasteiger partial charge in [0.2, 0.25) is 0 Å². The van der Waals surface area contributed by atoms with Gasteiger partial charge in [-0.15, -0.1) is 0 Å². The number of nitrogens with two attached hydrogens (primary N) is 1. The quantitative estimate of drug-likeness (QED) is 0.815. The largest absolute Gasteiger partial charge is 0.392 e. The van der Waals surface area contributed by atoms with E-state index in [0.29, 0.717) is 5.96 Å². The summed E-state index contributed by atoms with van der Waals surface area (Å²) in [5.41, 5.74) is 14.0. The molecule has 0 bridgehead atoms. The summed E-state index contributed by atoms with van der Waals surface area (Å²) in [5.74, 6) is 0.625. The Morgan fingerprint density at radius 3 is 2.96 bits per heavy atom. The van der Waals surface area contributed by atoms with Crippen LogP contribution in [-0.4, -0.2) is 31.0 Å². The van der Waals surface area contributed by atoms with Crippen molar-refractivity contribution < 1.29 is 0 Å². The second-order valence-corrected chi connectivity index (χ2v) is 6.79. The minimum Gasteiger partial charge on any atom is -0.392 e. The molecule has 0 fully saturated rings. The summed E-state index contributed by atoms with van der Waals surface area (Å²) in [6.45, 7) is 7.97. The molecule has 1 aliphatic heterocycles. The van der Waals surface area contributed by atoms with E-state index in [1.54, 1.807) is 0 Å². The fourth-order valence-electron chi connectivity index (χ4n) is 3.49. The lowest BCUT2D eigenvalue weighted by atomic mass is 9.86. The monoisotopic (exact) mass is 324 g/mol. The van der Waals surface area contributed by atoms with E-state index in [4.69, 9.17) is 5.73 Å². The first-order valence-electron chi connectivity index (χ1n) is 8.82. The van der Waals surface area contributed by atoms with Crippen molar-refractivity contribution in [2.45, 2.75) is 39.0 Å². The number of guanidine groups is 1. The van der Waals surface area contributed by atoms with E-state index in [-0.39, 0.29) is 0 Å². The molecule has 2 aliphatic carbocycles. The summed E-state index contributed by atoms with van der Waals surface area (Å²) in [4.78, 5) is 6.84. The molecule has 0 unspecified atom stereocenters. The summed E-state index contributed by atoms with van der Waals surface area (Å²) in [6.07, 6.45) is 12.2. The SMILES string of the molecule is C=C(CCN1CC2=C(C=C(C3=C(C)CCC=C3)CC2)N=C1N)NC. The standard InChI is InChI=1S/C20H28N4/c1-14-6-4-5-7-18(14)16-8-9-17-13-24(11-10-15(2)22-3)20(21)23-19(17)12-16/h5,7,12,22H,2,4,6,8-11,13H2,1,3H3,(H2,21,23). The van der Waals surface area contributed by atoms with E-state index < -0.39 is 0 Å². The van der Waals surface area contributed by atoms with Gasteiger partial charge in [-0.2, -0.15) is 0 Å².